The number of sulfonamides is 1. The lowest BCUT2D eigenvalue weighted by molar-refractivity contribution is -0.118. The van der Waals surface area contributed by atoms with Gasteiger partial charge in [-0.15, -0.1) is 10.2 Å². The van der Waals surface area contributed by atoms with Gasteiger partial charge in [0.1, 0.15) is 0 Å². The van der Waals surface area contributed by atoms with Gasteiger partial charge in [0.15, 0.2) is 22.5 Å². The highest BCUT2D eigenvalue weighted by Crippen LogP contribution is 2.32. The van der Waals surface area contributed by atoms with Crippen molar-refractivity contribution in [2.24, 2.45) is 0 Å². The largest absolute Gasteiger partial charge is 0.490 e. The molecule has 1 N–H and O–H groups in total. The molecule has 0 radical (unpaired) electrons. The second-order valence-electron chi connectivity index (χ2n) is 10.2. The number of thioether (sulfide) groups is 1. The van der Waals surface area contributed by atoms with Crippen molar-refractivity contribution >= 4 is 27.7 Å². The Kier molecular flexibility index (Phi) is 11.1. The molecule has 0 aliphatic carbocycles. The fourth-order valence-corrected chi connectivity index (χ4v) is 6.41. The number of benzene rings is 3. The summed E-state index contributed by atoms with van der Waals surface area (Å²) in [5, 5.41) is 12.4. The summed E-state index contributed by atoms with van der Waals surface area (Å²) in [4.78, 5) is 13.0. The van der Waals surface area contributed by atoms with E-state index in [1.807, 2.05) is 74.7 Å². The van der Waals surface area contributed by atoms with Gasteiger partial charge in [0.2, 0.25) is 15.9 Å². The summed E-state index contributed by atoms with van der Waals surface area (Å²) < 4.78 is 40.1. The van der Waals surface area contributed by atoms with E-state index in [-0.39, 0.29) is 16.6 Å². The van der Waals surface area contributed by atoms with Gasteiger partial charge in [-0.1, -0.05) is 48.2 Å². The summed E-state index contributed by atoms with van der Waals surface area (Å²) in [6.45, 7) is 9.40. The van der Waals surface area contributed by atoms with Crippen molar-refractivity contribution < 1.29 is 22.7 Å². The van der Waals surface area contributed by atoms with Crippen LogP contribution in [0.5, 0.6) is 11.5 Å². The molecule has 12 heteroatoms. The Hall–Kier alpha value is -3.87. The van der Waals surface area contributed by atoms with Gasteiger partial charge in [-0.2, -0.15) is 0 Å². The molecule has 234 valence electrons. The molecular weight excluding hydrogens is 599 g/mol. The van der Waals surface area contributed by atoms with Crippen LogP contribution in [-0.4, -0.2) is 73.0 Å². The van der Waals surface area contributed by atoms with Crippen LogP contribution in [0.15, 0.2) is 70.7 Å². The summed E-state index contributed by atoms with van der Waals surface area (Å²) in [7, 11) is -0.656. The first kappa shape index (κ1) is 33.0. The van der Waals surface area contributed by atoms with Gasteiger partial charge in [0.05, 0.1) is 29.5 Å². The van der Waals surface area contributed by atoms with Crippen LogP contribution in [0.4, 0.5) is 0 Å². The van der Waals surface area contributed by atoms with Gasteiger partial charge in [-0.25, -0.2) is 12.7 Å². The molecule has 1 heterocycles. The molecule has 3 aromatic carbocycles. The van der Waals surface area contributed by atoms with Gasteiger partial charge in [-0.3, -0.25) is 9.36 Å². The molecule has 1 aromatic heterocycles. The minimum atomic E-state index is -3.65. The summed E-state index contributed by atoms with van der Waals surface area (Å²) in [6.07, 6.45) is 0.637. The number of nitrogens with zero attached hydrogens (tertiary/aromatic N) is 4. The third-order valence-corrected chi connectivity index (χ3v) is 9.58. The molecule has 0 unspecified atom stereocenters. The Morgan fingerprint density at radius 2 is 1.61 bits per heavy atom. The molecule has 0 aliphatic rings. The Morgan fingerprint density at radius 3 is 2.30 bits per heavy atom. The Bertz CT molecular complexity index is 1700. The van der Waals surface area contributed by atoms with Crippen molar-refractivity contribution in [2.45, 2.75) is 44.2 Å². The number of hydrogen-bond acceptors (Lipinski definition) is 8. The second-order valence-corrected chi connectivity index (χ2v) is 13.3. The van der Waals surface area contributed by atoms with Crippen LogP contribution in [0, 0.1) is 13.8 Å². The van der Waals surface area contributed by atoms with E-state index in [4.69, 9.17) is 9.47 Å². The molecule has 0 bridgehead atoms. The first-order valence-corrected chi connectivity index (χ1v) is 16.8. The molecule has 0 atom stereocenters. The zero-order chi connectivity index (χ0) is 31.9. The van der Waals surface area contributed by atoms with Crippen molar-refractivity contribution in [1.82, 2.24) is 24.4 Å². The first-order chi connectivity index (χ1) is 21.1. The number of rotatable bonds is 14. The highest BCUT2D eigenvalue weighted by molar-refractivity contribution is 7.99. The van der Waals surface area contributed by atoms with Crippen LogP contribution in [0.2, 0.25) is 0 Å². The van der Waals surface area contributed by atoms with Crippen LogP contribution in [0.25, 0.3) is 17.1 Å². The lowest BCUT2D eigenvalue weighted by Gasteiger charge is -2.16. The lowest BCUT2D eigenvalue weighted by atomic mass is 10.1. The number of hydrogen-bond donors (Lipinski definition) is 1. The molecule has 0 saturated heterocycles. The SMILES string of the molecule is CCOc1ccc(CCNC(=O)CSc2nnc(-c3cccc(S(=O)(=O)N(C)C)c3)n2-c2c(C)cccc2C)cc1OCC. The fourth-order valence-electron chi connectivity index (χ4n) is 4.70. The van der Waals surface area contributed by atoms with Crippen LogP contribution < -0.4 is 14.8 Å². The number of nitrogens with one attached hydrogen (secondary N) is 1. The van der Waals surface area contributed by atoms with Crippen molar-refractivity contribution in [3.8, 4) is 28.6 Å². The number of ether oxygens (including phenoxy) is 2. The topological polar surface area (TPSA) is 116 Å². The van der Waals surface area contributed by atoms with E-state index in [0.717, 1.165) is 22.4 Å². The van der Waals surface area contributed by atoms with Crippen LogP contribution >= 0.6 is 11.8 Å². The average Bonchev–Trinajstić information content (AvgIpc) is 3.41. The highest BCUT2D eigenvalue weighted by atomic mass is 32.2. The van der Waals surface area contributed by atoms with E-state index in [9.17, 15) is 13.2 Å². The predicted molar refractivity (Wildman–Crippen MR) is 173 cm³/mol. The van der Waals surface area contributed by atoms with Crippen molar-refractivity contribution in [1.29, 1.82) is 0 Å². The monoisotopic (exact) mass is 637 g/mol. The summed E-state index contributed by atoms with van der Waals surface area (Å²) in [5.41, 5.74) is 4.51. The smallest absolute Gasteiger partial charge is 0.242 e. The van der Waals surface area contributed by atoms with E-state index < -0.39 is 10.0 Å². The molecule has 4 aromatic rings. The molecule has 0 fully saturated rings. The molecule has 4 rings (SSSR count). The normalized spacial score (nSPS) is 11.5. The standard InChI is InChI=1S/C32H39N5O5S2/c1-7-41-27-16-15-24(19-28(27)42-8-2)17-18-33-29(38)21-43-32-35-34-31(37(32)30-22(3)11-9-12-23(30)4)25-13-10-14-26(20-25)44(39,40)36(5)6/h9-16,19-20H,7-8,17-18,21H2,1-6H3,(H,33,38). The molecule has 1 amide bonds. The third kappa shape index (κ3) is 7.61. The van der Waals surface area contributed by atoms with Crippen LogP contribution in [-0.2, 0) is 21.2 Å². The number of para-hydroxylation sites is 1. The van der Waals surface area contributed by atoms with E-state index >= 15 is 0 Å². The van der Waals surface area contributed by atoms with E-state index in [1.54, 1.807) is 18.2 Å². The molecule has 44 heavy (non-hydrogen) atoms. The number of carbonyl (C=O) groups excluding carboxylic acids is 1. The van der Waals surface area contributed by atoms with Gasteiger partial charge < -0.3 is 14.8 Å². The zero-order valence-corrected chi connectivity index (χ0v) is 27.6. The molecule has 10 nitrogen and oxygen atoms in total. The maximum absolute atomic E-state index is 12.9. The van der Waals surface area contributed by atoms with Crippen molar-refractivity contribution in [2.75, 3.05) is 39.6 Å². The molecule has 0 spiro atoms. The van der Waals surface area contributed by atoms with E-state index in [2.05, 4.69) is 15.5 Å². The highest BCUT2D eigenvalue weighted by Gasteiger charge is 2.23. The van der Waals surface area contributed by atoms with Gasteiger partial charge in [0, 0.05) is 26.2 Å². The zero-order valence-electron chi connectivity index (χ0n) is 26.0. The minimum absolute atomic E-state index is 0.131. The Balaban J connectivity index is 1.53. The summed E-state index contributed by atoms with van der Waals surface area (Å²) in [6, 6.07) is 18.4. The maximum Gasteiger partial charge on any atom is 0.242 e. The summed E-state index contributed by atoms with van der Waals surface area (Å²) in [5.74, 6) is 1.88. The predicted octanol–water partition coefficient (Wildman–Crippen LogP) is 5.05. The van der Waals surface area contributed by atoms with Crippen molar-refractivity contribution in [3.05, 3.63) is 77.4 Å². The maximum atomic E-state index is 12.9. The minimum Gasteiger partial charge on any atom is -0.490 e. The van der Waals surface area contributed by atoms with Gasteiger partial charge >= 0.3 is 0 Å². The second kappa shape index (κ2) is 14.7. The van der Waals surface area contributed by atoms with E-state index in [1.165, 1.54) is 30.2 Å². The Morgan fingerprint density at radius 1 is 0.932 bits per heavy atom. The van der Waals surface area contributed by atoms with Crippen LogP contribution in [0.1, 0.15) is 30.5 Å². The summed E-state index contributed by atoms with van der Waals surface area (Å²) >= 11 is 1.27. The van der Waals surface area contributed by atoms with Crippen LogP contribution in [0.3, 0.4) is 0 Å². The quantitative estimate of drug-likeness (QED) is 0.191. The fraction of sp³-hybridized carbons (Fsp3) is 0.344. The number of carbonyl (C=O) groups is 1. The number of amides is 1. The van der Waals surface area contributed by atoms with Gasteiger partial charge in [-0.05, 0) is 75.1 Å². The van der Waals surface area contributed by atoms with Gasteiger partial charge in [0.25, 0.3) is 0 Å². The van der Waals surface area contributed by atoms with E-state index in [0.29, 0.717) is 54.2 Å². The molecule has 0 saturated carbocycles. The first-order valence-electron chi connectivity index (χ1n) is 14.4. The Labute approximate surface area is 263 Å². The van der Waals surface area contributed by atoms with Crippen molar-refractivity contribution in [3.63, 3.8) is 0 Å². The number of aromatic nitrogens is 3. The average molecular weight is 638 g/mol. The molecule has 0 aliphatic heterocycles. The third-order valence-electron chi connectivity index (χ3n) is 6.84. The molecular formula is C32H39N5O5S2. The lowest BCUT2D eigenvalue weighted by Crippen LogP contribution is -2.27. The number of aryl methyl sites for hydroxylation is 2.